The number of nitrogens with zero attached hydrogens (tertiary/aromatic N) is 1. The topological polar surface area (TPSA) is 82.4 Å². The summed E-state index contributed by atoms with van der Waals surface area (Å²) in [6.07, 6.45) is 1.13. The van der Waals surface area contributed by atoms with E-state index in [9.17, 15) is 18.0 Å². The van der Waals surface area contributed by atoms with Gasteiger partial charge in [-0.25, -0.2) is 13.2 Å². The Hall–Kier alpha value is -2.41. The summed E-state index contributed by atoms with van der Waals surface area (Å²) >= 11 is 0. The highest BCUT2D eigenvalue weighted by Crippen LogP contribution is 2.15. The first kappa shape index (κ1) is 18.9. The number of Topliss-reactive ketones (excluding diaryl/α,β-unsaturated/α-hetero) is 1. The molecule has 2 aromatic rings. The van der Waals surface area contributed by atoms with Crippen molar-refractivity contribution in [3.05, 3.63) is 58.4 Å². The van der Waals surface area contributed by atoms with Crippen molar-refractivity contribution in [1.82, 2.24) is 4.57 Å². The molecule has 0 atom stereocenters. The smallest absolute Gasteiger partial charge is 0.338 e. The van der Waals surface area contributed by atoms with E-state index in [1.54, 1.807) is 18.2 Å². The minimum absolute atomic E-state index is 0.157. The molecule has 7 heteroatoms. The van der Waals surface area contributed by atoms with Crippen molar-refractivity contribution >= 4 is 21.6 Å². The van der Waals surface area contributed by atoms with E-state index in [0.29, 0.717) is 11.1 Å². The molecule has 1 heterocycles. The van der Waals surface area contributed by atoms with Gasteiger partial charge in [0.2, 0.25) is 5.78 Å². The Labute approximate surface area is 147 Å². The predicted molar refractivity (Wildman–Crippen MR) is 94.5 cm³/mol. The van der Waals surface area contributed by atoms with Gasteiger partial charge in [0.05, 0.1) is 11.3 Å². The minimum atomic E-state index is -3.20. The molecule has 0 saturated heterocycles. The van der Waals surface area contributed by atoms with Crippen molar-refractivity contribution in [3.8, 4) is 0 Å². The molecule has 0 aliphatic heterocycles. The van der Waals surface area contributed by atoms with Crippen molar-refractivity contribution in [3.63, 3.8) is 0 Å². The fourth-order valence-corrected chi connectivity index (χ4v) is 3.31. The number of aryl methyl sites for hydroxylation is 1. The van der Waals surface area contributed by atoms with Crippen LogP contribution in [0.4, 0.5) is 0 Å². The van der Waals surface area contributed by atoms with E-state index < -0.39 is 15.8 Å². The van der Waals surface area contributed by atoms with Gasteiger partial charge in [-0.2, -0.15) is 0 Å². The number of benzene rings is 1. The second-order valence-electron chi connectivity index (χ2n) is 6.11. The van der Waals surface area contributed by atoms with Gasteiger partial charge >= 0.3 is 5.97 Å². The van der Waals surface area contributed by atoms with Crippen molar-refractivity contribution in [2.75, 3.05) is 12.9 Å². The van der Waals surface area contributed by atoms with Crippen LogP contribution in [0.5, 0.6) is 0 Å². The zero-order chi connectivity index (χ0) is 18.8. The van der Waals surface area contributed by atoms with Crippen LogP contribution >= 0.6 is 0 Å². The van der Waals surface area contributed by atoms with E-state index in [2.05, 4.69) is 0 Å². The molecule has 25 heavy (non-hydrogen) atoms. The van der Waals surface area contributed by atoms with Gasteiger partial charge in [-0.3, -0.25) is 4.79 Å². The van der Waals surface area contributed by atoms with E-state index in [-0.39, 0.29) is 23.7 Å². The summed E-state index contributed by atoms with van der Waals surface area (Å²) in [4.78, 5) is 24.4. The number of ketones is 1. The molecule has 134 valence electrons. The Morgan fingerprint density at radius 2 is 1.84 bits per heavy atom. The molecule has 0 spiro atoms. The molecule has 0 fully saturated rings. The number of rotatable bonds is 6. The molecule has 0 N–H and O–H groups in total. The van der Waals surface area contributed by atoms with Crippen molar-refractivity contribution < 1.29 is 22.7 Å². The average Bonchev–Trinajstić information content (AvgIpc) is 2.78. The van der Waals surface area contributed by atoms with E-state index in [1.807, 2.05) is 25.5 Å². The highest BCUT2D eigenvalue weighted by Gasteiger charge is 2.17. The summed E-state index contributed by atoms with van der Waals surface area (Å²) in [6, 6.07) is 7.96. The lowest BCUT2D eigenvalue weighted by atomic mass is 10.1. The van der Waals surface area contributed by atoms with Crippen molar-refractivity contribution in [2.24, 2.45) is 7.05 Å². The number of ether oxygens (including phenoxy) is 1. The molecule has 2 rings (SSSR count). The first-order valence-corrected chi connectivity index (χ1v) is 9.74. The van der Waals surface area contributed by atoms with Gasteiger partial charge in [0.15, 0.2) is 16.4 Å². The molecular weight excluding hydrogens is 342 g/mol. The Bertz CT molecular complexity index is 925. The van der Waals surface area contributed by atoms with Crippen LogP contribution < -0.4 is 0 Å². The molecule has 0 bridgehead atoms. The molecular formula is C18H21NO5S. The molecule has 1 aromatic carbocycles. The maximum atomic E-state index is 12.3. The Morgan fingerprint density at radius 3 is 2.40 bits per heavy atom. The first-order valence-electron chi connectivity index (χ1n) is 7.68. The van der Waals surface area contributed by atoms with Crippen LogP contribution in [-0.4, -0.2) is 37.6 Å². The third-order valence-electron chi connectivity index (χ3n) is 4.00. The van der Waals surface area contributed by atoms with Gasteiger partial charge in [0, 0.05) is 30.3 Å². The molecule has 6 nitrogen and oxygen atoms in total. The summed E-state index contributed by atoms with van der Waals surface area (Å²) in [5.41, 5.74) is 3.00. The minimum Gasteiger partial charge on any atom is -0.454 e. The fourth-order valence-electron chi connectivity index (χ4n) is 2.52. The lowest BCUT2D eigenvalue weighted by Gasteiger charge is -2.06. The maximum absolute atomic E-state index is 12.3. The normalized spacial score (nSPS) is 11.4. The number of hydrogen-bond acceptors (Lipinski definition) is 5. The molecule has 0 amide bonds. The second-order valence-corrected chi connectivity index (χ2v) is 8.25. The lowest BCUT2D eigenvalue weighted by Crippen LogP contribution is -2.15. The number of sulfone groups is 1. The molecule has 0 aliphatic carbocycles. The SMILES string of the molecule is Cc1cc(C(=O)COC(=O)c2cccc(CS(C)(=O)=O)c2)c(C)n1C. The summed E-state index contributed by atoms with van der Waals surface area (Å²) in [7, 11) is -1.33. The summed E-state index contributed by atoms with van der Waals surface area (Å²) in [5.74, 6) is -1.09. The van der Waals surface area contributed by atoms with Gasteiger partial charge in [-0.1, -0.05) is 12.1 Å². The van der Waals surface area contributed by atoms with E-state index >= 15 is 0 Å². The van der Waals surface area contributed by atoms with Crippen LogP contribution in [0.25, 0.3) is 0 Å². The Kier molecular flexibility index (Phi) is 5.47. The molecule has 0 radical (unpaired) electrons. The molecule has 1 aromatic heterocycles. The number of carbonyl (C=O) groups is 2. The zero-order valence-corrected chi connectivity index (χ0v) is 15.5. The number of hydrogen-bond donors (Lipinski definition) is 0. The predicted octanol–water partition coefficient (Wildman–Crippen LogP) is 2.23. The summed E-state index contributed by atoms with van der Waals surface area (Å²) < 4.78 is 29.7. The quantitative estimate of drug-likeness (QED) is 0.581. The van der Waals surface area contributed by atoms with Crippen molar-refractivity contribution in [2.45, 2.75) is 19.6 Å². The first-order chi connectivity index (χ1) is 11.6. The number of aromatic nitrogens is 1. The standard InChI is InChI=1S/C18H21NO5S/c1-12-8-16(13(2)19(12)3)17(20)10-24-18(21)15-7-5-6-14(9-15)11-25(4,22)23/h5-9H,10-11H2,1-4H3. The second kappa shape index (κ2) is 7.23. The lowest BCUT2D eigenvalue weighted by molar-refractivity contribution is 0.0474. The highest BCUT2D eigenvalue weighted by atomic mass is 32.2. The zero-order valence-electron chi connectivity index (χ0n) is 14.7. The van der Waals surface area contributed by atoms with Gasteiger partial charge in [-0.05, 0) is 37.6 Å². The van der Waals surface area contributed by atoms with E-state index in [4.69, 9.17) is 4.74 Å². The molecule has 0 unspecified atom stereocenters. The summed E-state index contributed by atoms with van der Waals surface area (Å²) in [6.45, 7) is 3.36. The highest BCUT2D eigenvalue weighted by molar-refractivity contribution is 7.89. The van der Waals surface area contributed by atoms with Crippen LogP contribution in [0.1, 0.15) is 37.7 Å². The van der Waals surface area contributed by atoms with E-state index in [0.717, 1.165) is 17.6 Å². The number of carbonyl (C=O) groups excluding carboxylic acids is 2. The summed E-state index contributed by atoms with van der Waals surface area (Å²) in [5, 5.41) is 0. The Balaban J connectivity index is 2.06. The van der Waals surface area contributed by atoms with Crippen LogP contribution in [0.15, 0.2) is 30.3 Å². The van der Waals surface area contributed by atoms with Crippen LogP contribution in [0, 0.1) is 13.8 Å². The maximum Gasteiger partial charge on any atom is 0.338 e. The molecule has 0 saturated carbocycles. The third-order valence-corrected chi connectivity index (χ3v) is 4.86. The third kappa shape index (κ3) is 4.79. The fraction of sp³-hybridized carbons (Fsp3) is 0.333. The molecule has 0 aliphatic rings. The van der Waals surface area contributed by atoms with Crippen LogP contribution in [-0.2, 0) is 27.4 Å². The number of esters is 1. The Morgan fingerprint density at radius 1 is 1.16 bits per heavy atom. The van der Waals surface area contributed by atoms with Crippen LogP contribution in [0.3, 0.4) is 0 Å². The van der Waals surface area contributed by atoms with Gasteiger partial charge in [-0.15, -0.1) is 0 Å². The average molecular weight is 363 g/mol. The van der Waals surface area contributed by atoms with Gasteiger partial charge in [0.25, 0.3) is 0 Å². The van der Waals surface area contributed by atoms with E-state index in [1.165, 1.54) is 12.1 Å². The largest absolute Gasteiger partial charge is 0.454 e. The van der Waals surface area contributed by atoms with Gasteiger partial charge in [0.1, 0.15) is 0 Å². The van der Waals surface area contributed by atoms with Crippen LogP contribution in [0.2, 0.25) is 0 Å². The monoisotopic (exact) mass is 363 g/mol. The van der Waals surface area contributed by atoms with Gasteiger partial charge < -0.3 is 9.30 Å². The van der Waals surface area contributed by atoms with Crippen molar-refractivity contribution in [1.29, 1.82) is 0 Å².